The monoisotopic (exact) mass is 497 g/mol. The zero-order chi connectivity index (χ0) is 25.7. The van der Waals surface area contributed by atoms with E-state index in [1.807, 2.05) is 0 Å². The van der Waals surface area contributed by atoms with E-state index >= 15 is 0 Å². The minimum Gasteiger partial charge on any atom is -0.378 e. The number of quaternary nitrogens is 1. The highest BCUT2D eigenvalue weighted by Crippen LogP contribution is 2.52. The average molecular weight is 498 g/mol. The van der Waals surface area contributed by atoms with Gasteiger partial charge in [0.1, 0.15) is 24.0 Å². The van der Waals surface area contributed by atoms with E-state index in [-0.39, 0.29) is 0 Å². The van der Waals surface area contributed by atoms with Crippen molar-refractivity contribution in [3.05, 3.63) is 113 Å². The van der Waals surface area contributed by atoms with Gasteiger partial charge in [-0.05, 0) is 47.7 Å². The van der Waals surface area contributed by atoms with Crippen molar-refractivity contribution in [3.63, 3.8) is 0 Å². The smallest absolute Gasteiger partial charge is 0.219 e. The second kappa shape index (κ2) is 9.11. The van der Waals surface area contributed by atoms with Gasteiger partial charge < -0.3 is 4.90 Å². The third kappa shape index (κ3) is 3.73. The van der Waals surface area contributed by atoms with E-state index in [0.29, 0.717) is 0 Å². The van der Waals surface area contributed by atoms with Crippen LogP contribution in [0.4, 0.5) is 17.1 Å². The number of nitrogens with zero attached hydrogens (tertiary/aromatic N) is 3. The fourth-order valence-corrected chi connectivity index (χ4v) is 6.70. The fourth-order valence-electron chi connectivity index (χ4n) is 6.70. The fraction of sp³-hybridized carbons (Fsp3) is 0.229. The van der Waals surface area contributed by atoms with E-state index in [0.717, 1.165) is 30.4 Å². The van der Waals surface area contributed by atoms with Crippen molar-refractivity contribution in [2.24, 2.45) is 0 Å². The van der Waals surface area contributed by atoms with Crippen LogP contribution in [0.3, 0.4) is 0 Å². The van der Waals surface area contributed by atoms with E-state index in [1.165, 1.54) is 69.0 Å². The first-order valence-corrected chi connectivity index (χ1v) is 13.9. The lowest BCUT2D eigenvalue weighted by atomic mass is 9.88. The molecule has 0 radical (unpaired) electrons. The molecule has 38 heavy (non-hydrogen) atoms. The molecule has 3 aliphatic heterocycles. The summed E-state index contributed by atoms with van der Waals surface area (Å²) in [5.41, 5.74) is 13.8. The molecule has 3 heteroatoms. The third-order valence-corrected chi connectivity index (χ3v) is 8.62. The van der Waals surface area contributed by atoms with E-state index < -0.39 is 0 Å². The van der Waals surface area contributed by atoms with Crippen molar-refractivity contribution >= 4 is 35.3 Å². The van der Waals surface area contributed by atoms with Crippen molar-refractivity contribution in [3.8, 4) is 11.3 Å². The van der Waals surface area contributed by atoms with Crippen molar-refractivity contribution in [1.82, 2.24) is 4.48 Å². The molecule has 0 fully saturated rings. The number of pyridine rings is 1. The van der Waals surface area contributed by atoms with Gasteiger partial charge in [0, 0.05) is 68.0 Å². The minimum atomic E-state index is 0.854. The summed E-state index contributed by atoms with van der Waals surface area (Å²) < 4.78 is 3.35. The largest absolute Gasteiger partial charge is 0.378 e. The van der Waals surface area contributed by atoms with Gasteiger partial charge in [0.2, 0.25) is 5.69 Å². The van der Waals surface area contributed by atoms with Crippen LogP contribution in [0.25, 0.3) is 29.5 Å². The van der Waals surface area contributed by atoms with Crippen molar-refractivity contribution in [2.45, 2.75) is 32.2 Å². The van der Waals surface area contributed by atoms with Gasteiger partial charge in [-0.3, -0.25) is 0 Å². The summed E-state index contributed by atoms with van der Waals surface area (Å²) in [6.45, 7) is 2.18. The molecule has 0 aliphatic carbocycles. The van der Waals surface area contributed by atoms with E-state index in [4.69, 9.17) is 0 Å². The molecule has 0 saturated heterocycles. The lowest BCUT2D eigenvalue weighted by Gasteiger charge is -2.38. The molecule has 0 saturated carbocycles. The number of fused-ring (bicyclic) bond motifs is 8. The molecule has 7 rings (SSSR count). The summed E-state index contributed by atoms with van der Waals surface area (Å²) in [4.78, 5) is 2.14. The highest BCUT2D eigenvalue weighted by Gasteiger charge is 2.45. The normalized spacial score (nSPS) is 19.1. The van der Waals surface area contributed by atoms with Crippen LogP contribution in [0.2, 0.25) is 0 Å². The number of aryl methyl sites for hydroxylation is 3. The molecular weight excluding hydrogens is 462 g/mol. The Bertz CT molecular complexity index is 1590. The van der Waals surface area contributed by atoms with Crippen LogP contribution in [0, 0.1) is 0 Å². The molecule has 3 aromatic carbocycles. The number of hydrogen-bond acceptors (Lipinski definition) is 1. The molecule has 0 bridgehead atoms. The molecule has 1 spiro atoms. The SMILES string of the molecule is CN(C)c1ccc(/C=C/c2cc[n+]3c(c2)-c2c(ccc4c2[N+]2(C=Cc5ccccc52)CCC4)CCC3)cc1. The number of aromatic nitrogens is 1. The van der Waals surface area contributed by atoms with Gasteiger partial charge in [-0.1, -0.05) is 48.6 Å². The van der Waals surface area contributed by atoms with Crippen molar-refractivity contribution in [2.75, 3.05) is 25.5 Å². The van der Waals surface area contributed by atoms with E-state index in [2.05, 4.69) is 127 Å². The molecule has 0 amide bonds. The third-order valence-electron chi connectivity index (χ3n) is 8.62. The number of para-hydroxylation sites is 1. The average Bonchev–Trinajstić information content (AvgIpc) is 3.20. The van der Waals surface area contributed by atoms with Crippen LogP contribution < -0.4 is 14.0 Å². The van der Waals surface area contributed by atoms with Crippen LogP contribution in [-0.4, -0.2) is 20.6 Å². The summed E-state index contributed by atoms with van der Waals surface area (Å²) in [7, 11) is 4.16. The summed E-state index contributed by atoms with van der Waals surface area (Å²) in [6, 6.07) is 27.3. The van der Waals surface area contributed by atoms with Crippen LogP contribution in [-0.2, 0) is 19.4 Å². The summed E-state index contributed by atoms with van der Waals surface area (Å²) in [6.07, 6.45) is 16.3. The first kappa shape index (κ1) is 23.2. The van der Waals surface area contributed by atoms with Crippen LogP contribution in [0.5, 0.6) is 0 Å². The van der Waals surface area contributed by atoms with Gasteiger partial charge >= 0.3 is 0 Å². The standard InChI is InChI=1S/C35H35N3/c1-36(2)31-17-13-26(14-18-31)11-12-27-19-22-37-21-5-8-29-15-16-30-9-6-23-38(35(30)34(29)32(37)25-27)24-20-28-7-3-4-10-33(28)38/h3-4,7,10-20,22,24-25H,5-6,8-9,21,23H2,1-2H3/q+2. The second-order valence-electron chi connectivity index (χ2n) is 11.1. The van der Waals surface area contributed by atoms with Gasteiger partial charge in [0.25, 0.3) is 0 Å². The highest BCUT2D eigenvalue weighted by molar-refractivity contribution is 5.89. The van der Waals surface area contributed by atoms with Gasteiger partial charge in [0.05, 0.1) is 6.54 Å². The first-order chi connectivity index (χ1) is 18.6. The van der Waals surface area contributed by atoms with Gasteiger partial charge in [0.15, 0.2) is 11.9 Å². The van der Waals surface area contributed by atoms with Gasteiger partial charge in [-0.25, -0.2) is 4.48 Å². The Morgan fingerprint density at radius 3 is 2.47 bits per heavy atom. The molecule has 1 unspecified atom stereocenters. The second-order valence-corrected chi connectivity index (χ2v) is 11.1. The molecule has 1 aromatic heterocycles. The molecular formula is C35H35N3+2. The Morgan fingerprint density at radius 2 is 1.61 bits per heavy atom. The van der Waals surface area contributed by atoms with Crippen molar-refractivity contribution < 1.29 is 4.57 Å². The lowest BCUT2D eigenvalue weighted by molar-refractivity contribution is -0.686. The Kier molecular flexibility index (Phi) is 5.56. The van der Waals surface area contributed by atoms with Gasteiger partial charge in [-0.2, -0.15) is 4.57 Å². The molecule has 4 heterocycles. The molecule has 0 N–H and O–H groups in total. The minimum absolute atomic E-state index is 0.854. The summed E-state index contributed by atoms with van der Waals surface area (Å²) in [5, 5.41) is 0. The Morgan fingerprint density at radius 1 is 0.816 bits per heavy atom. The number of rotatable bonds is 3. The maximum Gasteiger partial charge on any atom is 0.219 e. The topological polar surface area (TPSA) is 7.12 Å². The predicted octanol–water partition coefficient (Wildman–Crippen LogP) is 7.39. The molecule has 3 aliphatic rings. The number of hydrogen-bond donors (Lipinski definition) is 0. The van der Waals surface area contributed by atoms with Crippen LogP contribution >= 0.6 is 0 Å². The predicted molar refractivity (Wildman–Crippen MR) is 160 cm³/mol. The van der Waals surface area contributed by atoms with Crippen molar-refractivity contribution in [1.29, 1.82) is 0 Å². The maximum atomic E-state index is 2.49. The first-order valence-electron chi connectivity index (χ1n) is 13.9. The quantitative estimate of drug-likeness (QED) is 0.211. The maximum absolute atomic E-state index is 2.49. The lowest BCUT2D eigenvalue weighted by Crippen LogP contribution is -2.43. The molecule has 3 nitrogen and oxygen atoms in total. The van der Waals surface area contributed by atoms with Crippen LogP contribution in [0.15, 0.2) is 85.2 Å². The summed E-state index contributed by atoms with van der Waals surface area (Å²) in [5.74, 6) is 0. The highest BCUT2D eigenvalue weighted by atomic mass is 15.4. The Hall–Kier alpha value is -3.95. The Labute approximate surface area is 226 Å². The Balaban J connectivity index is 1.37. The summed E-state index contributed by atoms with van der Waals surface area (Å²) >= 11 is 0. The molecule has 188 valence electrons. The molecule has 1 atom stereocenters. The zero-order valence-corrected chi connectivity index (χ0v) is 22.4. The van der Waals surface area contributed by atoms with Crippen LogP contribution in [0.1, 0.15) is 40.7 Å². The van der Waals surface area contributed by atoms with E-state index in [9.17, 15) is 0 Å². The zero-order valence-electron chi connectivity index (χ0n) is 22.4. The number of benzene rings is 3. The number of anilines is 1. The van der Waals surface area contributed by atoms with Gasteiger partial charge in [-0.15, -0.1) is 0 Å². The molecule has 4 aromatic rings. The van der Waals surface area contributed by atoms with E-state index in [1.54, 1.807) is 0 Å².